The van der Waals surface area contributed by atoms with Gasteiger partial charge < -0.3 is 4.57 Å². The zero-order valence-corrected chi connectivity index (χ0v) is 16.0. The Balaban J connectivity index is 1.90. The number of hydrogen-bond donors (Lipinski definition) is 1. The summed E-state index contributed by atoms with van der Waals surface area (Å²) in [6.45, 7) is 9.78. The van der Waals surface area contributed by atoms with Gasteiger partial charge in [-0.25, -0.2) is 4.85 Å². The highest BCUT2D eigenvalue weighted by Crippen LogP contribution is 2.43. The molecule has 29 heavy (non-hydrogen) atoms. The molecular formula is C22H17N7. The molecule has 0 spiro atoms. The van der Waals surface area contributed by atoms with Gasteiger partial charge in [0.2, 0.25) is 11.5 Å². The lowest BCUT2D eigenvalue weighted by atomic mass is 9.96. The predicted octanol–water partition coefficient (Wildman–Crippen LogP) is 4.52. The molecule has 7 nitrogen and oxygen atoms in total. The van der Waals surface area contributed by atoms with Crippen LogP contribution >= 0.6 is 0 Å². The van der Waals surface area contributed by atoms with Gasteiger partial charge >= 0.3 is 0 Å². The van der Waals surface area contributed by atoms with Crippen molar-refractivity contribution in [3.05, 3.63) is 71.2 Å². The lowest BCUT2D eigenvalue weighted by Gasteiger charge is -2.08. The van der Waals surface area contributed by atoms with E-state index < -0.39 is 0 Å². The summed E-state index contributed by atoms with van der Waals surface area (Å²) in [5.41, 5.74) is 6.42. The fourth-order valence-corrected chi connectivity index (χ4v) is 3.69. The van der Waals surface area contributed by atoms with Gasteiger partial charge in [0.15, 0.2) is 0 Å². The molecule has 0 unspecified atom stereocenters. The van der Waals surface area contributed by atoms with Crippen LogP contribution in [-0.4, -0.2) is 25.2 Å². The van der Waals surface area contributed by atoms with Crippen molar-refractivity contribution in [1.82, 2.24) is 25.2 Å². The first-order valence-corrected chi connectivity index (χ1v) is 9.12. The van der Waals surface area contributed by atoms with E-state index in [0.717, 1.165) is 33.6 Å². The highest BCUT2D eigenvalue weighted by Gasteiger charge is 2.25. The average molecular weight is 379 g/mol. The Bertz CT molecular complexity index is 1250. The topological polar surface area (TPSA) is 87.5 Å². The van der Waals surface area contributed by atoms with Crippen molar-refractivity contribution in [2.75, 3.05) is 0 Å². The second-order valence-electron chi connectivity index (χ2n) is 6.51. The predicted molar refractivity (Wildman–Crippen MR) is 110 cm³/mol. The van der Waals surface area contributed by atoms with Crippen LogP contribution in [0.5, 0.6) is 0 Å². The zero-order valence-electron chi connectivity index (χ0n) is 16.0. The third kappa shape index (κ3) is 2.95. The smallest absolute Gasteiger partial charge is 0.220 e. The Morgan fingerprint density at radius 2 is 1.86 bits per heavy atom. The first-order chi connectivity index (χ1) is 14.2. The number of aromatic nitrogens is 5. The molecule has 0 bridgehead atoms. The highest BCUT2D eigenvalue weighted by molar-refractivity contribution is 5.92. The second kappa shape index (κ2) is 7.41. The number of aromatic amines is 1. The lowest BCUT2D eigenvalue weighted by Crippen LogP contribution is -1.98. The molecular weight excluding hydrogens is 362 g/mol. The average Bonchev–Trinajstić information content (AvgIpc) is 3.39. The molecule has 0 radical (unpaired) electrons. The number of hydrogen-bond acceptors (Lipinski definition) is 4. The van der Waals surface area contributed by atoms with E-state index in [9.17, 15) is 5.26 Å². The van der Waals surface area contributed by atoms with Gasteiger partial charge in [-0.3, -0.25) is 0 Å². The Hall–Kier alpha value is -4.23. The Labute approximate surface area is 168 Å². The van der Waals surface area contributed by atoms with Gasteiger partial charge in [-0.2, -0.15) is 10.5 Å². The van der Waals surface area contributed by atoms with Crippen molar-refractivity contribution >= 4 is 5.69 Å². The molecule has 2 heterocycles. The van der Waals surface area contributed by atoms with Crippen LogP contribution in [-0.2, 0) is 13.5 Å². The fraction of sp³-hybridized carbons (Fsp3) is 0.136. The van der Waals surface area contributed by atoms with E-state index >= 15 is 0 Å². The third-order valence-corrected chi connectivity index (χ3v) is 5.02. The quantitative estimate of drug-likeness (QED) is 0.528. The monoisotopic (exact) mass is 379 g/mol. The van der Waals surface area contributed by atoms with E-state index in [1.54, 1.807) is 6.07 Å². The summed E-state index contributed by atoms with van der Waals surface area (Å²) in [6, 6.07) is 17.6. The van der Waals surface area contributed by atoms with E-state index in [1.807, 2.05) is 61.0 Å². The summed E-state index contributed by atoms with van der Waals surface area (Å²) >= 11 is 0. The number of rotatable bonds is 4. The second-order valence-corrected chi connectivity index (χ2v) is 6.51. The van der Waals surface area contributed by atoms with Gasteiger partial charge in [0.25, 0.3) is 0 Å². The molecule has 0 aliphatic carbocycles. The number of nitriles is 1. The summed E-state index contributed by atoms with van der Waals surface area (Å²) in [4.78, 5) is 3.82. The molecule has 4 aromatic rings. The minimum absolute atomic E-state index is 0.450. The van der Waals surface area contributed by atoms with Crippen molar-refractivity contribution < 1.29 is 0 Å². The van der Waals surface area contributed by atoms with E-state index in [1.165, 1.54) is 0 Å². The number of nitrogens with one attached hydrogen (secondary N) is 1. The number of nitrogens with zero attached hydrogens (tertiary/aromatic N) is 6. The Morgan fingerprint density at radius 1 is 1.14 bits per heavy atom. The molecule has 0 fully saturated rings. The van der Waals surface area contributed by atoms with Gasteiger partial charge in [0, 0.05) is 18.3 Å². The minimum Gasteiger partial charge on any atom is -0.355 e. The van der Waals surface area contributed by atoms with Crippen LogP contribution < -0.4 is 0 Å². The Morgan fingerprint density at radius 3 is 2.48 bits per heavy atom. The van der Waals surface area contributed by atoms with Crippen LogP contribution in [0.25, 0.3) is 38.6 Å². The molecule has 7 heteroatoms. The maximum atomic E-state index is 9.37. The van der Waals surface area contributed by atoms with Crippen molar-refractivity contribution in [3.63, 3.8) is 0 Å². The van der Waals surface area contributed by atoms with Crippen molar-refractivity contribution in [2.45, 2.75) is 13.3 Å². The first-order valence-electron chi connectivity index (χ1n) is 9.12. The van der Waals surface area contributed by atoms with E-state index in [0.29, 0.717) is 23.5 Å². The molecule has 0 amide bonds. The van der Waals surface area contributed by atoms with E-state index in [-0.39, 0.29) is 0 Å². The van der Waals surface area contributed by atoms with Gasteiger partial charge in [-0.05, 0) is 34.4 Å². The van der Waals surface area contributed by atoms with Gasteiger partial charge in [0.05, 0.1) is 23.9 Å². The normalized spacial score (nSPS) is 10.5. The lowest BCUT2D eigenvalue weighted by molar-refractivity contribution is 0.841. The summed E-state index contributed by atoms with van der Waals surface area (Å²) in [5, 5.41) is 23.8. The molecule has 2 aromatic carbocycles. The summed E-state index contributed by atoms with van der Waals surface area (Å²) in [5.74, 6) is 0.450. The molecule has 0 saturated carbocycles. The molecule has 1 N–H and O–H groups in total. The van der Waals surface area contributed by atoms with Crippen LogP contribution in [0.3, 0.4) is 0 Å². The molecule has 4 rings (SSSR count). The van der Waals surface area contributed by atoms with Crippen molar-refractivity contribution in [2.24, 2.45) is 7.05 Å². The van der Waals surface area contributed by atoms with Crippen LogP contribution in [0.4, 0.5) is 5.69 Å². The standard InChI is InChI=1S/C22H17N7/c1-4-18-20(24-2)19(21(29(18)3)22-25-27-28-26-22)15-11-9-14(10-12-15)17-8-6-5-7-16(17)13-23/h5-12H,4H2,1,3H3,(H,25,26,27,28). The summed E-state index contributed by atoms with van der Waals surface area (Å²) in [7, 11) is 1.92. The summed E-state index contributed by atoms with van der Waals surface area (Å²) in [6.07, 6.45) is 0.715. The molecule has 2 aromatic heterocycles. The van der Waals surface area contributed by atoms with E-state index in [4.69, 9.17) is 6.57 Å². The number of H-pyrrole nitrogens is 1. The molecule has 0 aliphatic rings. The molecule has 140 valence electrons. The highest BCUT2D eigenvalue weighted by atomic mass is 15.5. The van der Waals surface area contributed by atoms with Crippen LogP contribution in [0.2, 0.25) is 0 Å². The van der Waals surface area contributed by atoms with Crippen molar-refractivity contribution in [3.8, 4) is 39.8 Å². The molecule has 0 aliphatic heterocycles. The third-order valence-electron chi connectivity index (χ3n) is 5.02. The van der Waals surface area contributed by atoms with Crippen LogP contribution in [0, 0.1) is 17.9 Å². The molecule has 0 atom stereocenters. The van der Waals surface area contributed by atoms with Gasteiger partial charge in [0.1, 0.15) is 0 Å². The van der Waals surface area contributed by atoms with Crippen LogP contribution in [0.1, 0.15) is 18.2 Å². The Kier molecular flexibility index (Phi) is 4.64. The number of tetrazole rings is 1. The molecule has 0 saturated heterocycles. The zero-order chi connectivity index (χ0) is 20.4. The maximum absolute atomic E-state index is 9.37. The van der Waals surface area contributed by atoms with E-state index in [2.05, 4.69) is 31.5 Å². The first kappa shape index (κ1) is 18.1. The fourth-order valence-electron chi connectivity index (χ4n) is 3.69. The SMILES string of the molecule is [C-]#[N+]c1c(-c2ccc(-c3ccccc3C#N)cc2)c(-c2nn[nH]n2)n(C)c1CC. The van der Waals surface area contributed by atoms with Gasteiger partial charge in [-0.15, -0.1) is 10.2 Å². The largest absolute Gasteiger partial charge is 0.355 e. The summed E-state index contributed by atoms with van der Waals surface area (Å²) < 4.78 is 1.96. The number of benzene rings is 2. The minimum atomic E-state index is 0.450. The maximum Gasteiger partial charge on any atom is 0.220 e. The van der Waals surface area contributed by atoms with Gasteiger partial charge in [-0.1, -0.05) is 49.4 Å². The van der Waals surface area contributed by atoms with Crippen LogP contribution in [0.15, 0.2) is 48.5 Å². The van der Waals surface area contributed by atoms with Crippen molar-refractivity contribution in [1.29, 1.82) is 5.26 Å².